The number of hydrogen-bond donors (Lipinski definition) is 1. The first kappa shape index (κ1) is 21.8. The highest BCUT2D eigenvalue weighted by Crippen LogP contribution is 2.19. The van der Waals surface area contributed by atoms with Gasteiger partial charge in [0.1, 0.15) is 18.4 Å². The van der Waals surface area contributed by atoms with Crippen LogP contribution < -0.4 is 10.1 Å². The summed E-state index contributed by atoms with van der Waals surface area (Å²) in [5.41, 5.74) is 3.96. The van der Waals surface area contributed by atoms with Gasteiger partial charge in [-0.15, -0.1) is 0 Å². The molecular weight excluding hydrogens is 390 g/mol. The molecule has 0 aliphatic carbocycles. The van der Waals surface area contributed by atoms with Crippen LogP contribution in [0.15, 0.2) is 84.9 Å². The van der Waals surface area contributed by atoms with E-state index in [1.165, 1.54) is 6.08 Å². The molecule has 0 aromatic heterocycles. The Balaban J connectivity index is 1.46. The number of methoxy groups -OCH3 is 1. The first-order chi connectivity index (χ1) is 15.0. The standard InChI is InChI=1S/C26H25NO4/c1-19(27-25(28)17-12-20-10-15-24(30-2)16-11-20)26(29)31-18-21-8-13-23(14-9-21)22-6-4-3-5-7-22/h3-17,19H,18H2,1-2H3,(H,27,28)/b17-12+/t19-/m0/s1. The molecule has 31 heavy (non-hydrogen) atoms. The van der Waals surface area contributed by atoms with E-state index < -0.39 is 12.0 Å². The van der Waals surface area contributed by atoms with Crippen molar-refractivity contribution in [1.29, 1.82) is 0 Å². The van der Waals surface area contributed by atoms with Crippen LogP contribution in [0.4, 0.5) is 0 Å². The number of benzene rings is 3. The summed E-state index contributed by atoms with van der Waals surface area (Å²) in [6, 6.07) is 24.4. The lowest BCUT2D eigenvalue weighted by molar-refractivity contribution is -0.148. The lowest BCUT2D eigenvalue weighted by atomic mass is 10.0. The van der Waals surface area contributed by atoms with Gasteiger partial charge < -0.3 is 14.8 Å². The van der Waals surface area contributed by atoms with Gasteiger partial charge in [-0.2, -0.15) is 0 Å². The molecule has 1 amide bonds. The van der Waals surface area contributed by atoms with Crippen LogP contribution in [-0.2, 0) is 20.9 Å². The molecule has 0 spiro atoms. The Labute approximate surface area is 182 Å². The third-order valence-corrected chi connectivity index (χ3v) is 4.70. The van der Waals surface area contributed by atoms with Crippen LogP contribution in [0.1, 0.15) is 18.1 Å². The number of nitrogens with one attached hydrogen (secondary N) is 1. The first-order valence-electron chi connectivity index (χ1n) is 9.99. The monoisotopic (exact) mass is 415 g/mol. The van der Waals surface area contributed by atoms with Crippen LogP contribution in [0.5, 0.6) is 5.75 Å². The van der Waals surface area contributed by atoms with Crippen molar-refractivity contribution in [3.05, 3.63) is 96.1 Å². The third-order valence-electron chi connectivity index (χ3n) is 4.70. The van der Waals surface area contributed by atoms with Gasteiger partial charge in [0.25, 0.3) is 0 Å². The summed E-state index contributed by atoms with van der Waals surface area (Å²) in [4.78, 5) is 24.3. The number of amides is 1. The van der Waals surface area contributed by atoms with E-state index in [0.29, 0.717) is 0 Å². The lowest BCUT2D eigenvalue weighted by Crippen LogP contribution is -2.38. The Kier molecular flexibility index (Phi) is 7.60. The van der Waals surface area contributed by atoms with Crippen molar-refractivity contribution < 1.29 is 19.1 Å². The lowest BCUT2D eigenvalue weighted by Gasteiger charge is -2.12. The first-order valence-corrected chi connectivity index (χ1v) is 9.99. The summed E-state index contributed by atoms with van der Waals surface area (Å²) < 4.78 is 10.4. The van der Waals surface area contributed by atoms with E-state index in [1.54, 1.807) is 20.1 Å². The molecule has 158 valence electrons. The van der Waals surface area contributed by atoms with Crippen LogP contribution in [0, 0.1) is 0 Å². The molecule has 5 heteroatoms. The molecule has 3 aromatic carbocycles. The average Bonchev–Trinajstić information content (AvgIpc) is 2.82. The number of esters is 1. The molecule has 0 heterocycles. The average molecular weight is 415 g/mol. The van der Waals surface area contributed by atoms with Gasteiger partial charge in [0.15, 0.2) is 0 Å². The SMILES string of the molecule is COc1ccc(/C=C/C(=O)N[C@@H](C)C(=O)OCc2ccc(-c3ccccc3)cc2)cc1. The van der Waals surface area contributed by atoms with Crippen molar-refractivity contribution in [2.75, 3.05) is 7.11 Å². The van der Waals surface area contributed by atoms with Crippen LogP contribution in [0.3, 0.4) is 0 Å². The molecular formula is C26H25NO4. The number of hydrogen-bond acceptors (Lipinski definition) is 4. The fourth-order valence-corrected chi connectivity index (χ4v) is 2.91. The number of ether oxygens (including phenoxy) is 2. The summed E-state index contributed by atoms with van der Waals surface area (Å²) in [5, 5.41) is 2.61. The van der Waals surface area contributed by atoms with Crippen LogP contribution in [0.2, 0.25) is 0 Å². The number of carbonyl (C=O) groups excluding carboxylic acids is 2. The Morgan fingerprint density at radius 2 is 1.55 bits per heavy atom. The zero-order chi connectivity index (χ0) is 22.1. The topological polar surface area (TPSA) is 64.6 Å². The predicted molar refractivity (Wildman–Crippen MR) is 121 cm³/mol. The van der Waals surface area contributed by atoms with Gasteiger partial charge in [0, 0.05) is 6.08 Å². The summed E-state index contributed by atoms with van der Waals surface area (Å²) in [5.74, 6) is -0.113. The Bertz CT molecular complexity index is 1030. The fraction of sp³-hybridized carbons (Fsp3) is 0.154. The predicted octanol–water partition coefficient (Wildman–Crippen LogP) is 4.62. The van der Waals surface area contributed by atoms with E-state index in [9.17, 15) is 9.59 Å². The fourth-order valence-electron chi connectivity index (χ4n) is 2.91. The molecule has 1 atom stereocenters. The van der Waals surface area contributed by atoms with Gasteiger partial charge in [-0.25, -0.2) is 4.79 Å². The van der Waals surface area contributed by atoms with Crippen molar-refractivity contribution in [3.8, 4) is 16.9 Å². The Morgan fingerprint density at radius 3 is 2.19 bits per heavy atom. The van der Waals surface area contributed by atoms with Crippen LogP contribution in [0.25, 0.3) is 17.2 Å². The Morgan fingerprint density at radius 1 is 0.903 bits per heavy atom. The summed E-state index contributed by atoms with van der Waals surface area (Å²) in [6.45, 7) is 1.75. The highest BCUT2D eigenvalue weighted by molar-refractivity contribution is 5.94. The van der Waals surface area contributed by atoms with Crippen LogP contribution in [-0.4, -0.2) is 25.0 Å². The molecule has 0 saturated carbocycles. The van der Waals surface area contributed by atoms with E-state index >= 15 is 0 Å². The number of rotatable bonds is 8. The van der Waals surface area contributed by atoms with Crippen molar-refractivity contribution in [1.82, 2.24) is 5.32 Å². The van der Waals surface area contributed by atoms with E-state index in [-0.39, 0.29) is 12.5 Å². The van der Waals surface area contributed by atoms with E-state index in [1.807, 2.05) is 78.9 Å². The van der Waals surface area contributed by atoms with Crippen molar-refractivity contribution in [3.63, 3.8) is 0 Å². The minimum atomic E-state index is -0.753. The maximum atomic E-state index is 12.2. The zero-order valence-corrected chi connectivity index (χ0v) is 17.6. The van der Waals surface area contributed by atoms with Crippen molar-refractivity contribution >= 4 is 18.0 Å². The second kappa shape index (κ2) is 10.8. The third kappa shape index (κ3) is 6.57. The van der Waals surface area contributed by atoms with Gasteiger partial charge in [-0.1, -0.05) is 66.7 Å². The molecule has 0 fully saturated rings. The van der Waals surface area contributed by atoms with Gasteiger partial charge in [-0.3, -0.25) is 4.79 Å². The smallest absolute Gasteiger partial charge is 0.328 e. The largest absolute Gasteiger partial charge is 0.497 e. The van der Waals surface area contributed by atoms with Crippen molar-refractivity contribution in [2.45, 2.75) is 19.6 Å². The molecule has 0 radical (unpaired) electrons. The normalized spacial score (nSPS) is 11.7. The molecule has 0 unspecified atom stereocenters. The van der Waals surface area contributed by atoms with E-state index in [4.69, 9.17) is 9.47 Å². The molecule has 0 saturated heterocycles. The second-order valence-electron chi connectivity index (χ2n) is 7.01. The van der Waals surface area contributed by atoms with Gasteiger partial charge >= 0.3 is 5.97 Å². The minimum absolute atomic E-state index is 0.149. The highest BCUT2D eigenvalue weighted by atomic mass is 16.5. The molecule has 3 aromatic rings. The second-order valence-corrected chi connectivity index (χ2v) is 7.01. The van der Waals surface area contributed by atoms with Gasteiger partial charge in [-0.05, 0) is 47.4 Å². The maximum Gasteiger partial charge on any atom is 0.328 e. The van der Waals surface area contributed by atoms with E-state index in [0.717, 1.165) is 28.0 Å². The van der Waals surface area contributed by atoms with Crippen molar-refractivity contribution in [2.24, 2.45) is 0 Å². The maximum absolute atomic E-state index is 12.2. The molecule has 0 bridgehead atoms. The Hall–Kier alpha value is -3.86. The van der Waals surface area contributed by atoms with Gasteiger partial charge in [0.2, 0.25) is 5.91 Å². The summed E-state index contributed by atoms with van der Waals surface area (Å²) in [6.07, 6.45) is 3.05. The molecule has 3 rings (SSSR count). The summed E-state index contributed by atoms with van der Waals surface area (Å²) in [7, 11) is 1.60. The molecule has 0 aliphatic rings. The zero-order valence-electron chi connectivity index (χ0n) is 17.6. The number of carbonyl (C=O) groups is 2. The molecule has 0 aliphatic heterocycles. The molecule has 1 N–H and O–H groups in total. The van der Waals surface area contributed by atoms with Crippen LogP contribution >= 0.6 is 0 Å². The van der Waals surface area contributed by atoms with E-state index in [2.05, 4.69) is 5.32 Å². The highest BCUT2D eigenvalue weighted by Gasteiger charge is 2.16. The van der Waals surface area contributed by atoms with Gasteiger partial charge in [0.05, 0.1) is 7.11 Å². The summed E-state index contributed by atoms with van der Waals surface area (Å²) >= 11 is 0. The quantitative estimate of drug-likeness (QED) is 0.431. The minimum Gasteiger partial charge on any atom is -0.497 e. The molecule has 5 nitrogen and oxygen atoms in total.